The first-order valence-corrected chi connectivity index (χ1v) is 12.0. The van der Waals surface area contributed by atoms with Crippen LogP contribution in [0, 0.1) is 0 Å². The molecule has 0 aliphatic heterocycles. The minimum atomic E-state index is -0.00884. The Bertz CT molecular complexity index is 1680. The summed E-state index contributed by atoms with van der Waals surface area (Å²) in [6.45, 7) is 4.77. The van der Waals surface area contributed by atoms with Crippen LogP contribution < -0.4 is 0 Å². The zero-order valence-electron chi connectivity index (χ0n) is 18.1. The van der Waals surface area contributed by atoms with E-state index in [1.165, 1.54) is 64.3 Å². The normalized spacial score (nSPS) is 14.2. The summed E-state index contributed by atoms with van der Waals surface area (Å²) in [6.07, 6.45) is 0. The van der Waals surface area contributed by atoms with Crippen LogP contribution in [0.2, 0.25) is 0 Å². The third kappa shape index (κ3) is 2.32. The van der Waals surface area contributed by atoms with E-state index in [9.17, 15) is 0 Å². The maximum absolute atomic E-state index is 2.39. The standard InChI is InChI=1S/C31H22S/c1-31(2)26-11-7-6-10-22(26)23-15-12-20-13-16-24-25-18-21(19-8-4-3-5-9-19)14-17-27(25)32-30(24)28(20)29(23)31/h3-18H,1-2H3. The van der Waals surface area contributed by atoms with Crippen molar-refractivity contribution in [2.45, 2.75) is 19.3 Å². The molecule has 0 nitrogen and oxygen atoms in total. The van der Waals surface area contributed by atoms with E-state index in [0.29, 0.717) is 0 Å². The lowest BCUT2D eigenvalue weighted by Crippen LogP contribution is -2.15. The molecule has 0 N–H and O–H groups in total. The van der Waals surface area contributed by atoms with Crippen LogP contribution >= 0.6 is 11.3 Å². The second kappa shape index (κ2) is 6.31. The summed E-state index contributed by atoms with van der Waals surface area (Å²) in [5, 5.41) is 5.50. The van der Waals surface area contributed by atoms with Crippen LogP contribution in [-0.4, -0.2) is 0 Å². The zero-order chi connectivity index (χ0) is 21.4. The molecule has 152 valence electrons. The van der Waals surface area contributed by atoms with E-state index in [4.69, 9.17) is 0 Å². The smallest absolute Gasteiger partial charge is 0.0437 e. The molecule has 0 unspecified atom stereocenters. The van der Waals surface area contributed by atoms with Crippen molar-refractivity contribution < 1.29 is 0 Å². The Kier molecular flexibility index (Phi) is 3.58. The molecule has 0 saturated heterocycles. The average molecular weight is 427 g/mol. The molecule has 0 saturated carbocycles. The van der Waals surface area contributed by atoms with Crippen LogP contribution in [-0.2, 0) is 5.41 Å². The van der Waals surface area contributed by atoms with Gasteiger partial charge in [-0.15, -0.1) is 11.3 Å². The number of thiophene rings is 1. The molecule has 0 radical (unpaired) electrons. The molecule has 0 spiro atoms. The summed E-state index contributed by atoms with van der Waals surface area (Å²) >= 11 is 1.94. The highest BCUT2D eigenvalue weighted by Gasteiger charge is 2.37. The molecule has 0 atom stereocenters. The minimum absolute atomic E-state index is 0.00884. The molecule has 0 fully saturated rings. The zero-order valence-corrected chi connectivity index (χ0v) is 19.0. The Balaban J connectivity index is 1.58. The van der Waals surface area contributed by atoms with Crippen LogP contribution in [0.5, 0.6) is 0 Å². The molecule has 32 heavy (non-hydrogen) atoms. The van der Waals surface area contributed by atoms with Gasteiger partial charge in [0.25, 0.3) is 0 Å². The van der Waals surface area contributed by atoms with Crippen molar-refractivity contribution in [1.82, 2.24) is 0 Å². The number of hydrogen-bond acceptors (Lipinski definition) is 1. The van der Waals surface area contributed by atoms with Crippen LogP contribution in [0.3, 0.4) is 0 Å². The maximum Gasteiger partial charge on any atom is 0.0437 e. The molecule has 5 aromatic carbocycles. The largest absolute Gasteiger partial charge is 0.135 e. The van der Waals surface area contributed by atoms with Crippen molar-refractivity contribution in [3.05, 3.63) is 108 Å². The van der Waals surface area contributed by atoms with Gasteiger partial charge in [0.2, 0.25) is 0 Å². The number of fused-ring (bicyclic) bond motifs is 9. The van der Waals surface area contributed by atoms with Crippen molar-refractivity contribution >= 4 is 42.3 Å². The summed E-state index contributed by atoms with van der Waals surface area (Å²) in [5.41, 5.74) is 8.25. The Morgan fingerprint density at radius 3 is 2.28 bits per heavy atom. The van der Waals surface area contributed by atoms with E-state index in [-0.39, 0.29) is 5.41 Å². The van der Waals surface area contributed by atoms with E-state index >= 15 is 0 Å². The lowest BCUT2D eigenvalue weighted by molar-refractivity contribution is 0.666. The van der Waals surface area contributed by atoms with Gasteiger partial charge in [0.15, 0.2) is 0 Å². The SMILES string of the molecule is CC1(C)c2ccccc2-c2ccc3ccc4c5cc(-c6ccccc6)ccc5sc4c3c21. The highest BCUT2D eigenvalue weighted by molar-refractivity contribution is 7.26. The summed E-state index contributed by atoms with van der Waals surface area (Å²) in [5.74, 6) is 0. The molecule has 1 aromatic heterocycles. The van der Waals surface area contributed by atoms with E-state index in [0.717, 1.165) is 0 Å². The number of hydrogen-bond donors (Lipinski definition) is 0. The third-order valence-electron chi connectivity index (χ3n) is 7.24. The Labute approximate surface area is 191 Å². The predicted molar refractivity (Wildman–Crippen MR) is 140 cm³/mol. The van der Waals surface area contributed by atoms with E-state index in [1.54, 1.807) is 0 Å². The molecule has 6 aromatic rings. The second-order valence-electron chi connectivity index (χ2n) is 9.38. The van der Waals surface area contributed by atoms with E-state index in [2.05, 4.69) is 111 Å². The summed E-state index contributed by atoms with van der Waals surface area (Å²) in [4.78, 5) is 0. The first kappa shape index (κ1) is 18.2. The van der Waals surface area contributed by atoms with Crippen molar-refractivity contribution in [2.75, 3.05) is 0 Å². The van der Waals surface area contributed by atoms with Crippen LogP contribution in [0.4, 0.5) is 0 Å². The Hall–Kier alpha value is -3.42. The van der Waals surface area contributed by atoms with Crippen LogP contribution in [0.1, 0.15) is 25.0 Å². The Morgan fingerprint density at radius 1 is 0.625 bits per heavy atom. The molecule has 1 aliphatic rings. The molecule has 1 aliphatic carbocycles. The second-order valence-corrected chi connectivity index (χ2v) is 10.4. The molecule has 1 heteroatoms. The third-order valence-corrected chi connectivity index (χ3v) is 8.45. The first-order valence-electron chi connectivity index (χ1n) is 11.2. The molecular weight excluding hydrogens is 404 g/mol. The molecule has 0 bridgehead atoms. The summed E-state index contributed by atoms with van der Waals surface area (Å²) in [7, 11) is 0. The quantitative estimate of drug-likeness (QED) is 0.246. The summed E-state index contributed by atoms with van der Waals surface area (Å²) < 4.78 is 2.78. The van der Waals surface area contributed by atoms with Gasteiger partial charge in [0.05, 0.1) is 0 Å². The Morgan fingerprint density at radius 2 is 1.41 bits per heavy atom. The van der Waals surface area contributed by atoms with Gasteiger partial charge in [-0.1, -0.05) is 98.8 Å². The van der Waals surface area contributed by atoms with E-state index in [1.807, 2.05) is 11.3 Å². The highest BCUT2D eigenvalue weighted by atomic mass is 32.1. The molecular formula is C31H22S. The van der Waals surface area contributed by atoms with Gasteiger partial charge in [-0.25, -0.2) is 0 Å². The lowest BCUT2D eigenvalue weighted by atomic mass is 9.80. The van der Waals surface area contributed by atoms with Gasteiger partial charge in [-0.05, 0) is 50.9 Å². The van der Waals surface area contributed by atoms with Gasteiger partial charge in [-0.3, -0.25) is 0 Å². The monoisotopic (exact) mass is 426 g/mol. The van der Waals surface area contributed by atoms with Gasteiger partial charge in [0.1, 0.15) is 0 Å². The van der Waals surface area contributed by atoms with Crippen molar-refractivity contribution in [3.63, 3.8) is 0 Å². The highest BCUT2D eigenvalue weighted by Crippen LogP contribution is 2.53. The maximum atomic E-state index is 2.39. The fourth-order valence-corrected chi connectivity index (χ4v) is 6.97. The van der Waals surface area contributed by atoms with Crippen molar-refractivity contribution in [1.29, 1.82) is 0 Å². The van der Waals surface area contributed by atoms with Crippen LogP contribution in [0.15, 0.2) is 97.1 Å². The fourth-order valence-electron chi connectivity index (χ4n) is 5.72. The average Bonchev–Trinajstić information content (AvgIpc) is 3.32. The topological polar surface area (TPSA) is 0 Å². The van der Waals surface area contributed by atoms with Gasteiger partial charge < -0.3 is 0 Å². The van der Waals surface area contributed by atoms with Gasteiger partial charge >= 0.3 is 0 Å². The predicted octanol–water partition coefficient (Wildman–Crippen LogP) is 9.18. The first-order chi connectivity index (χ1) is 15.6. The van der Waals surface area contributed by atoms with Crippen molar-refractivity contribution in [2.24, 2.45) is 0 Å². The number of rotatable bonds is 1. The minimum Gasteiger partial charge on any atom is -0.135 e. The molecule has 7 rings (SSSR count). The van der Waals surface area contributed by atoms with Crippen LogP contribution in [0.25, 0.3) is 53.2 Å². The molecule has 0 amide bonds. The number of benzene rings is 5. The summed E-state index contributed by atoms with van der Waals surface area (Å²) in [6, 6.07) is 35.8. The van der Waals surface area contributed by atoms with Gasteiger partial charge in [0, 0.05) is 31.0 Å². The van der Waals surface area contributed by atoms with Gasteiger partial charge in [-0.2, -0.15) is 0 Å². The van der Waals surface area contributed by atoms with E-state index < -0.39 is 0 Å². The molecule has 1 heterocycles. The lowest BCUT2D eigenvalue weighted by Gasteiger charge is -2.23. The fraction of sp³-hybridized carbons (Fsp3) is 0.0968. The van der Waals surface area contributed by atoms with Crippen molar-refractivity contribution in [3.8, 4) is 22.3 Å².